The predicted molar refractivity (Wildman–Crippen MR) is 68.5 cm³/mol. The molecule has 1 aromatic rings. The minimum atomic E-state index is -3.41. The van der Waals surface area contributed by atoms with Crippen molar-refractivity contribution < 1.29 is 8.42 Å². The Balaban J connectivity index is 1.92. The average Bonchev–Trinajstić information content (AvgIpc) is 2.82. The van der Waals surface area contributed by atoms with Crippen LogP contribution in [-0.2, 0) is 10.0 Å². The fourth-order valence-corrected chi connectivity index (χ4v) is 2.56. The molecule has 6 nitrogen and oxygen atoms in total. The summed E-state index contributed by atoms with van der Waals surface area (Å²) in [5.41, 5.74) is 10.2. The van der Waals surface area contributed by atoms with Crippen LogP contribution in [0.1, 0.15) is 12.0 Å². The van der Waals surface area contributed by atoms with Gasteiger partial charge in [-0.2, -0.15) is 5.53 Å². The number of sulfonamides is 1. The smallest absolute Gasteiger partial charge is 0.240 e. The van der Waals surface area contributed by atoms with E-state index in [1.54, 1.807) is 30.5 Å². The average molecular weight is 268 g/mol. The molecule has 1 heterocycles. The molecule has 0 unspecified atom stereocenters. The van der Waals surface area contributed by atoms with Crippen LogP contribution in [0, 0.1) is 6.92 Å². The number of hydrogen-bond acceptors (Lipinski definition) is 5. The van der Waals surface area contributed by atoms with Gasteiger partial charge >= 0.3 is 0 Å². The van der Waals surface area contributed by atoms with E-state index < -0.39 is 10.0 Å². The van der Waals surface area contributed by atoms with Crippen LogP contribution in [0.5, 0.6) is 0 Å². The molecule has 0 atom stereocenters. The zero-order chi connectivity index (χ0) is 13.0. The summed E-state index contributed by atoms with van der Waals surface area (Å²) in [5.74, 6) is 0. The summed E-state index contributed by atoms with van der Waals surface area (Å²) in [6, 6.07) is 6.77. The van der Waals surface area contributed by atoms with E-state index in [4.69, 9.17) is 0 Å². The van der Waals surface area contributed by atoms with Crippen molar-refractivity contribution in [3.8, 4) is 0 Å². The molecule has 0 aromatic heterocycles. The van der Waals surface area contributed by atoms with Crippen LogP contribution in [0.25, 0.3) is 0 Å². The van der Waals surface area contributed by atoms with E-state index in [-0.39, 0.29) is 4.90 Å². The lowest BCUT2D eigenvalue weighted by atomic mass is 10.2. The summed E-state index contributed by atoms with van der Waals surface area (Å²) in [4.78, 5) is 0.290. The molecule has 0 spiro atoms. The highest BCUT2D eigenvalue weighted by molar-refractivity contribution is 7.89. The number of rotatable bonds is 5. The van der Waals surface area contributed by atoms with E-state index in [0.717, 1.165) is 11.3 Å². The van der Waals surface area contributed by atoms with E-state index in [0.29, 0.717) is 13.0 Å². The molecule has 0 amide bonds. The summed E-state index contributed by atoms with van der Waals surface area (Å²) in [7, 11) is -3.41. The molecule has 1 aliphatic heterocycles. The SMILES string of the molecule is Cc1ccc(S(=O)(=O)NCCC2=CNNN2)cc1. The number of hydrogen-bond donors (Lipinski definition) is 4. The highest BCUT2D eigenvalue weighted by Gasteiger charge is 2.13. The number of aryl methyl sites for hydroxylation is 1. The minimum Gasteiger partial charge on any atom is -0.310 e. The standard InChI is InChI=1S/C11H16N4O2S/c1-9-2-4-11(5-3-9)18(16,17)13-7-6-10-8-12-15-14-10/h2-5,8,12-15H,6-7H2,1H3. The van der Waals surface area contributed by atoms with Gasteiger partial charge in [-0.05, 0) is 19.1 Å². The Hall–Kier alpha value is -1.57. The number of nitrogens with one attached hydrogen (secondary N) is 4. The summed E-state index contributed by atoms with van der Waals surface area (Å²) in [6.45, 7) is 2.26. The predicted octanol–water partition coefficient (Wildman–Crippen LogP) is 0.117. The van der Waals surface area contributed by atoms with Gasteiger partial charge in [-0.15, -0.1) is 0 Å². The van der Waals surface area contributed by atoms with Crippen molar-refractivity contribution in [3.63, 3.8) is 0 Å². The van der Waals surface area contributed by atoms with E-state index in [1.165, 1.54) is 0 Å². The second-order valence-corrected chi connectivity index (χ2v) is 5.79. The molecule has 1 aromatic carbocycles. The molecule has 1 aliphatic rings. The molecule has 2 rings (SSSR count). The second kappa shape index (κ2) is 5.38. The molecular formula is C11H16N4O2S. The summed E-state index contributed by atoms with van der Waals surface area (Å²) in [5, 5.41) is 0. The van der Waals surface area contributed by atoms with E-state index in [2.05, 4.69) is 21.1 Å². The van der Waals surface area contributed by atoms with Crippen molar-refractivity contribution in [3.05, 3.63) is 41.7 Å². The zero-order valence-electron chi connectivity index (χ0n) is 10.0. The monoisotopic (exact) mass is 268 g/mol. The van der Waals surface area contributed by atoms with Gasteiger partial charge in [-0.25, -0.2) is 13.1 Å². The highest BCUT2D eigenvalue weighted by Crippen LogP contribution is 2.10. The topological polar surface area (TPSA) is 82.3 Å². The molecule has 0 bridgehead atoms. The van der Waals surface area contributed by atoms with Crippen molar-refractivity contribution in [1.82, 2.24) is 21.1 Å². The van der Waals surface area contributed by atoms with E-state index in [1.807, 2.05) is 6.92 Å². The fraction of sp³-hybridized carbons (Fsp3) is 0.273. The van der Waals surface area contributed by atoms with Gasteiger partial charge in [0.25, 0.3) is 0 Å². The number of hydrazine groups is 2. The van der Waals surface area contributed by atoms with Gasteiger partial charge in [0.15, 0.2) is 0 Å². The summed E-state index contributed by atoms with van der Waals surface area (Å²) >= 11 is 0. The molecular weight excluding hydrogens is 252 g/mol. The molecule has 7 heteroatoms. The van der Waals surface area contributed by atoms with Gasteiger partial charge in [0.05, 0.1) is 4.90 Å². The maximum atomic E-state index is 11.9. The van der Waals surface area contributed by atoms with Gasteiger partial charge in [0, 0.05) is 24.9 Å². The summed E-state index contributed by atoms with van der Waals surface area (Å²) in [6.07, 6.45) is 2.34. The van der Waals surface area contributed by atoms with Crippen LogP contribution < -0.4 is 21.1 Å². The van der Waals surface area contributed by atoms with Crippen LogP contribution in [0.4, 0.5) is 0 Å². The van der Waals surface area contributed by atoms with Gasteiger partial charge in [-0.1, -0.05) is 17.7 Å². The van der Waals surface area contributed by atoms with Crippen molar-refractivity contribution in [1.29, 1.82) is 0 Å². The molecule has 0 saturated carbocycles. The largest absolute Gasteiger partial charge is 0.310 e. The Labute approximate surface area is 106 Å². The number of benzene rings is 1. The normalized spacial score (nSPS) is 14.8. The van der Waals surface area contributed by atoms with Gasteiger partial charge < -0.3 is 10.9 Å². The Bertz CT molecular complexity index is 537. The van der Waals surface area contributed by atoms with Crippen molar-refractivity contribution in [2.45, 2.75) is 18.2 Å². The third-order valence-corrected chi connectivity index (χ3v) is 4.04. The van der Waals surface area contributed by atoms with Crippen molar-refractivity contribution in [2.24, 2.45) is 0 Å². The lowest BCUT2D eigenvalue weighted by molar-refractivity contribution is 0.572. The maximum absolute atomic E-state index is 11.9. The Kier molecular flexibility index (Phi) is 3.85. The van der Waals surface area contributed by atoms with Gasteiger partial charge in [0.2, 0.25) is 10.0 Å². The van der Waals surface area contributed by atoms with E-state index >= 15 is 0 Å². The van der Waals surface area contributed by atoms with Crippen LogP contribution >= 0.6 is 0 Å². The molecule has 18 heavy (non-hydrogen) atoms. The van der Waals surface area contributed by atoms with Crippen LogP contribution in [0.2, 0.25) is 0 Å². The lowest BCUT2D eigenvalue weighted by Crippen LogP contribution is -2.32. The first-order valence-electron chi connectivity index (χ1n) is 5.60. The van der Waals surface area contributed by atoms with Gasteiger partial charge in [-0.3, -0.25) is 0 Å². The van der Waals surface area contributed by atoms with Crippen LogP contribution in [0.15, 0.2) is 41.1 Å². The maximum Gasteiger partial charge on any atom is 0.240 e. The molecule has 98 valence electrons. The van der Waals surface area contributed by atoms with Crippen LogP contribution in [-0.4, -0.2) is 15.0 Å². The molecule has 0 saturated heterocycles. The second-order valence-electron chi connectivity index (χ2n) is 4.02. The highest BCUT2D eigenvalue weighted by atomic mass is 32.2. The first kappa shape index (κ1) is 12.9. The molecule has 0 aliphatic carbocycles. The molecule has 4 N–H and O–H groups in total. The van der Waals surface area contributed by atoms with Crippen molar-refractivity contribution in [2.75, 3.05) is 6.54 Å². The minimum absolute atomic E-state index is 0.290. The Morgan fingerprint density at radius 1 is 1.22 bits per heavy atom. The van der Waals surface area contributed by atoms with E-state index in [9.17, 15) is 8.42 Å². The quantitative estimate of drug-likeness (QED) is 0.610. The first-order chi connectivity index (χ1) is 8.58. The lowest BCUT2D eigenvalue weighted by Gasteiger charge is -2.07. The third-order valence-electron chi connectivity index (χ3n) is 2.56. The van der Waals surface area contributed by atoms with Crippen LogP contribution in [0.3, 0.4) is 0 Å². The third kappa shape index (κ3) is 3.22. The van der Waals surface area contributed by atoms with Crippen molar-refractivity contribution >= 4 is 10.0 Å². The molecule has 0 radical (unpaired) electrons. The summed E-state index contributed by atoms with van der Waals surface area (Å²) < 4.78 is 26.4. The Morgan fingerprint density at radius 3 is 2.56 bits per heavy atom. The fourth-order valence-electron chi connectivity index (χ4n) is 1.53. The zero-order valence-corrected chi connectivity index (χ0v) is 10.8. The molecule has 0 fully saturated rings. The first-order valence-corrected chi connectivity index (χ1v) is 7.08. The Morgan fingerprint density at radius 2 is 1.94 bits per heavy atom. The van der Waals surface area contributed by atoms with Gasteiger partial charge in [0.1, 0.15) is 0 Å².